The van der Waals surface area contributed by atoms with Crippen LogP contribution in [0.5, 0.6) is 0 Å². The molecule has 1 amide bonds. The zero-order valence-corrected chi connectivity index (χ0v) is 17.0. The Bertz CT molecular complexity index is 896. The number of aryl methyl sites for hydroxylation is 2. The maximum absolute atomic E-state index is 12.4. The number of carbonyl (C=O) groups excluding carboxylic acids is 1. The van der Waals surface area contributed by atoms with Gasteiger partial charge in [0.15, 0.2) is 10.8 Å². The molecule has 3 rings (SSSR count). The molecule has 0 aliphatic heterocycles. The van der Waals surface area contributed by atoms with Crippen LogP contribution in [-0.4, -0.2) is 36.4 Å². The van der Waals surface area contributed by atoms with Gasteiger partial charge in [-0.25, -0.2) is 4.98 Å². The van der Waals surface area contributed by atoms with Crippen molar-refractivity contribution in [2.75, 3.05) is 20.6 Å². The molecule has 0 bridgehead atoms. The molecule has 0 aliphatic carbocycles. The van der Waals surface area contributed by atoms with Gasteiger partial charge in [-0.1, -0.05) is 29.8 Å². The molecule has 1 unspecified atom stereocenters. The predicted molar refractivity (Wildman–Crippen MR) is 109 cm³/mol. The molecule has 6 heteroatoms. The molecule has 3 aromatic rings. The molecule has 2 heterocycles. The van der Waals surface area contributed by atoms with Crippen LogP contribution in [-0.2, 0) is 11.2 Å². The minimum atomic E-state index is -0.0264. The topological polar surface area (TPSA) is 58.4 Å². The maximum Gasteiger partial charge on any atom is 0.226 e. The van der Waals surface area contributed by atoms with Gasteiger partial charge < -0.3 is 14.6 Å². The second-order valence-corrected chi connectivity index (χ2v) is 7.78. The molecule has 0 saturated heterocycles. The summed E-state index contributed by atoms with van der Waals surface area (Å²) in [5.41, 5.74) is 3.18. The zero-order chi connectivity index (χ0) is 19.4. The van der Waals surface area contributed by atoms with Crippen LogP contribution < -0.4 is 5.32 Å². The first-order valence-corrected chi connectivity index (χ1v) is 9.81. The molecule has 0 radical (unpaired) electrons. The molecular weight excluding hydrogens is 358 g/mol. The van der Waals surface area contributed by atoms with Crippen LogP contribution in [0.1, 0.15) is 28.6 Å². The number of furan rings is 1. The molecule has 1 aromatic carbocycles. The van der Waals surface area contributed by atoms with Crippen molar-refractivity contribution in [1.82, 2.24) is 15.2 Å². The molecular formula is C21H25N3O2S. The quantitative estimate of drug-likeness (QED) is 0.670. The Labute approximate surface area is 164 Å². The molecule has 27 heavy (non-hydrogen) atoms. The van der Waals surface area contributed by atoms with E-state index in [9.17, 15) is 4.79 Å². The summed E-state index contributed by atoms with van der Waals surface area (Å²) in [5.74, 6) is 1.57. The first-order chi connectivity index (χ1) is 12.9. The Morgan fingerprint density at radius 1 is 1.19 bits per heavy atom. The van der Waals surface area contributed by atoms with E-state index >= 15 is 0 Å². The summed E-state index contributed by atoms with van der Waals surface area (Å²) in [5, 5.41) is 5.75. The van der Waals surface area contributed by atoms with E-state index in [1.165, 1.54) is 22.5 Å². The van der Waals surface area contributed by atoms with E-state index in [4.69, 9.17) is 4.42 Å². The number of amides is 1. The molecule has 0 fully saturated rings. The number of hydrogen-bond acceptors (Lipinski definition) is 5. The number of rotatable bonds is 7. The predicted octanol–water partition coefficient (Wildman–Crippen LogP) is 3.98. The lowest BCUT2D eigenvalue weighted by Gasteiger charge is -2.25. The summed E-state index contributed by atoms with van der Waals surface area (Å²) < 4.78 is 5.59. The van der Waals surface area contributed by atoms with E-state index < -0.39 is 0 Å². The Kier molecular flexibility index (Phi) is 6.08. The monoisotopic (exact) mass is 383 g/mol. The first-order valence-electron chi connectivity index (χ1n) is 8.93. The summed E-state index contributed by atoms with van der Waals surface area (Å²) in [6.45, 7) is 4.53. The van der Waals surface area contributed by atoms with Crippen molar-refractivity contribution in [3.63, 3.8) is 0 Å². The number of thiazole rings is 1. The van der Waals surface area contributed by atoms with Crippen molar-refractivity contribution in [3.8, 4) is 10.8 Å². The molecule has 142 valence electrons. The SMILES string of the molecule is Cc1ccc(C(CNC(=O)Cc2csc(-c3ccc(C)o3)n2)N(C)C)cc1. The van der Waals surface area contributed by atoms with Gasteiger partial charge in [0.2, 0.25) is 5.91 Å². The summed E-state index contributed by atoms with van der Waals surface area (Å²) >= 11 is 1.49. The number of likely N-dealkylation sites (N-methyl/N-ethyl adjacent to an activating group) is 1. The molecule has 0 saturated carbocycles. The number of aromatic nitrogens is 1. The third-order valence-electron chi connectivity index (χ3n) is 4.42. The van der Waals surface area contributed by atoms with Crippen molar-refractivity contribution >= 4 is 17.2 Å². The second-order valence-electron chi connectivity index (χ2n) is 6.93. The van der Waals surface area contributed by atoms with Crippen LogP contribution >= 0.6 is 11.3 Å². The van der Waals surface area contributed by atoms with Crippen LogP contribution in [0.2, 0.25) is 0 Å². The minimum Gasteiger partial charge on any atom is -0.459 e. The van der Waals surface area contributed by atoms with Gasteiger partial charge in [-0.05, 0) is 45.6 Å². The van der Waals surface area contributed by atoms with E-state index in [0.29, 0.717) is 6.54 Å². The number of carbonyl (C=O) groups is 1. The Hall–Kier alpha value is -2.44. The molecule has 0 spiro atoms. The average Bonchev–Trinajstić information content (AvgIpc) is 3.25. The van der Waals surface area contributed by atoms with Crippen molar-refractivity contribution in [2.24, 2.45) is 0 Å². The third-order valence-corrected chi connectivity index (χ3v) is 5.33. The van der Waals surface area contributed by atoms with Crippen molar-refractivity contribution in [1.29, 1.82) is 0 Å². The Morgan fingerprint density at radius 3 is 2.56 bits per heavy atom. The number of hydrogen-bond donors (Lipinski definition) is 1. The maximum atomic E-state index is 12.4. The highest BCUT2D eigenvalue weighted by molar-refractivity contribution is 7.13. The summed E-state index contributed by atoms with van der Waals surface area (Å²) in [6.07, 6.45) is 0.268. The van der Waals surface area contributed by atoms with Crippen LogP contribution in [0.4, 0.5) is 0 Å². The normalized spacial score (nSPS) is 12.3. The van der Waals surface area contributed by atoms with Gasteiger partial charge in [0.05, 0.1) is 18.2 Å². The first kappa shape index (κ1) is 19.3. The fraction of sp³-hybridized carbons (Fsp3) is 0.333. The average molecular weight is 384 g/mol. The van der Waals surface area contributed by atoms with Gasteiger partial charge in [-0.15, -0.1) is 11.3 Å². The van der Waals surface area contributed by atoms with E-state index in [1.807, 2.05) is 38.5 Å². The standard InChI is InChI=1S/C21H25N3O2S/c1-14-5-8-16(9-6-14)18(24(3)4)12-22-20(25)11-17-13-27-21(23-17)19-10-7-15(2)26-19/h5-10,13,18H,11-12H2,1-4H3,(H,22,25). The highest BCUT2D eigenvalue weighted by Crippen LogP contribution is 2.25. The van der Waals surface area contributed by atoms with Gasteiger partial charge >= 0.3 is 0 Å². The lowest BCUT2D eigenvalue weighted by molar-refractivity contribution is -0.120. The largest absolute Gasteiger partial charge is 0.459 e. The van der Waals surface area contributed by atoms with Gasteiger partial charge in [0, 0.05) is 11.9 Å². The van der Waals surface area contributed by atoms with Gasteiger partial charge in [-0.3, -0.25) is 4.79 Å². The highest BCUT2D eigenvalue weighted by Gasteiger charge is 2.16. The smallest absolute Gasteiger partial charge is 0.226 e. The second kappa shape index (κ2) is 8.50. The number of benzene rings is 1. The van der Waals surface area contributed by atoms with E-state index in [2.05, 4.69) is 46.4 Å². The van der Waals surface area contributed by atoms with E-state index in [-0.39, 0.29) is 18.4 Å². The molecule has 1 N–H and O–H groups in total. The highest BCUT2D eigenvalue weighted by atomic mass is 32.1. The van der Waals surface area contributed by atoms with Crippen LogP contribution in [0, 0.1) is 13.8 Å². The number of nitrogens with zero attached hydrogens (tertiary/aromatic N) is 2. The Morgan fingerprint density at radius 2 is 1.93 bits per heavy atom. The van der Waals surface area contributed by atoms with E-state index in [0.717, 1.165) is 22.2 Å². The Balaban J connectivity index is 1.58. The van der Waals surface area contributed by atoms with Crippen LogP contribution in [0.15, 0.2) is 46.2 Å². The lowest BCUT2D eigenvalue weighted by atomic mass is 10.0. The van der Waals surface area contributed by atoms with E-state index in [1.54, 1.807) is 0 Å². The van der Waals surface area contributed by atoms with Gasteiger partial charge in [0.25, 0.3) is 0 Å². The van der Waals surface area contributed by atoms with Crippen molar-refractivity contribution < 1.29 is 9.21 Å². The minimum absolute atomic E-state index is 0.0264. The van der Waals surface area contributed by atoms with Gasteiger partial charge in [-0.2, -0.15) is 0 Å². The molecule has 1 atom stereocenters. The summed E-state index contributed by atoms with van der Waals surface area (Å²) in [6, 6.07) is 12.4. The summed E-state index contributed by atoms with van der Waals surface area (Å²) in [7, 11) is 4.05. The molecule has 0 aliphatic rings. The third kappa shape index (κ3) is 5.05. The molecule has 2 aromatic heterocycles. The van der Waals surface area contributed by atoms with Gasteiger partial charge in [0.1, 0.15) is 5.76 Å². The van der Waals surface area contributed by atoms with Crippen LogP contribution in [0.25, 0.3) is 10.8 Å². The fourth-order valence-corrected chi connectivity index (χ4v) is 3.66. The molecule has 5 nitrogen and oxygen atoms in total. The fourth-order valence-electron chi connectivity index (χ4n) is 2.88. The van der Waals surface area contributed by atoms with Crippen molar-refractivity contribution in [3.05, 3.63) is 64.4 Å². The zero-order valence-electron chi connectivity index (χ0n) is 16.2. The van der Waals surface area contributed by atoms with Crippen molar-refractivity contribution in [2.45, 2.75) is 26.3 Å². The van der Waals surface area contributed by atoms with Crippen LogP contribution in [0.3, 0.4) is 0 Å². The lowest BCUT2D eigenvalue weighted by Crippen LogP contribution is -2.35. The summed E-state index contributed by atoms with van der Waals surface area (Å²) in [4.78, 5) is 19.0. The number of nitrogens with one attached hydrogen (secondary N) is 1.